The van der Waals surface area contributed by atoms with Gasteiger partial charge in [-0.3, -0.25) is 33.8 Å². The lowest BCUT2D eigenvalue weighted by Crippen LogP contribution is -2.37. The van der Waals surface area contributed by atoms with Crippen LogP contribution in [-0.2, 0) is 36.8 Å². The van der Waals surface area contributed by atoms with E-state index < -0.39 is 106 Å². The van der Waals surface area contributed by atoms with E-state index in [0.717, 1.165) is 56.5 Å². The van der Waals surface area contributed by atoms with Crippen LogP contribution in [0.25, 0.3) is 55.4 Å². The predicted octanol–water partition coefficient (Wildman–Crippen LogP) is 21.8. The third-order valence-electron chi connectivity index (χ3n) is 23.0. The average Bonchev–Trinajstić information content (AvgIpc) is 1.57. The SMILES string of the molecule is O=C(O)CCNC(=O)c1ccc(C2(c3ccc(-c4cc5cc(F)cc(Cl)c5o4)cc3)CCC(C(F)(F)F)CC2)cc1.O=C(O)CCNC(=O)c1ccc(C2(c3ccc4[nH]c(-c5ccc(F)cc5)cc4c3)CCC(C(F)(F)F)CC2)cc1.O=C(O)CCNC(=O)c1ccc(C2(c3cnc4cc(C(F)(F)F)ccc4c3)CCC(C(F)(F)F)CC2)cc1. The lowest BCUT2D eigenvalue weighted by Gasteiger charge is -2.42. The number of carboxylic acids is 3. The number of amides is 3. The highest BCUT2D eigenvalue weighted by atomic mass is 35.5. The molecule has 14 rings (SSSR count). The van der Waals surface area contributed by atoms with E-state index in [0.29, 0.717) is 62.8 Å². The summed E-state index contributed by atoms with van der Waals surface area (Å²) in [5.74, 6) is -8.96. The number of benzene rings is 8. The van der Waals surface area contributed by atoms with Gasteiger partial charge in [0.2, 0.25) is 0 Å². The minimum Gasteiger partial charge on any atom is -0.481 e. The highest BCUT2D eigenvalue weighted by Crippen LogP contribution is 2.54. The van der Waals surface area contributed by atoms with Crippen LogP contribution >= 0.6 is 11.6 Å². The highest BCUT2D eigenvalue weighted by Gasteiger charge is 2.51. The highest BCUT2D eigenvalue weighted by molar-refractivity contribution is 6.35. The van der Waals surface area contributed by atoms with Gasteiger partial charge in [0.25, 0.3) is 17.7 Å². The van der Waals surface area contributed by atoms with Crippen LogP contribution in [0.1, 0.15) is 166 Å². The zero-order valence-corrected chi connectivity index (χ0v) is 64.0. The molecule has 3 amide bonds. The van der Waals surface area contributed by atoms with Crippen LogP contribution < -0.4 is 16.0 Å². The van der Waals surface area contributed by atoms with Crippen LogP contribution in [0.15, 0.2) is 199 Å². The third-order valence-corrected chi connectivity index (χ3v) is 23.3. The molecule has 0 saturated heterocycles. The summed E-state index contributed by atoms with van der Waals surface area (Å²) in [7, 11) is 0. The number of H-pyrrole nitrogens is 1. The van der Waals surface area contributed by atoms with Gasteiger partial charge in [-0.15, -0.1) is 0 Å². The van der Waals surface area contributed by atoms with Crippen LogP contribution in [0.2, 0.25) is 5.02 Å². The summed E-state index contributed by atoms with van der Waals surface area (Å²) in [5.41, 5.74) is 6.07. The molecule has 30 heteroatoms. The zero-order valence-electron chi connectivity index (χ0n) is 63.3. The maximum atomic E-state index is 13.8. The van der Waals surface area contributed by atoms with Crippen molar-refractivity contribution in [3.8, 4) is 22.6 Å². The van der Waals surface area contributed by atoms with Gasteiger partial charge >= 0.3 is 42.6 Å². The summed E-state index contributed by atoms with van der Waals surface area (Å²) in [4.78, 5) is 76.9. The number of hydrogen-bond donors (Lipinski definition) is 7. The zero-order chi connectivity index (χ0) is 85.6. The van der Waals surface area contributed by atoms with Crippen LogP contribution in [-0.4, -0.2) is 99.1 Å². The van der Waals surface area contributed by atoms with E-state index in [1.165, 1.54) is 48.7 Å². The van der Waals surface area contributed by atoms with E-state index >= 15 is 0 Å². The van der Waals surface area contributed by atoms with Gasteiger partial charge in [-0.05, 0) is 231 Å². The summed E-state index contributed by atoms with van der Waals surface area (Å²) in [5, 5.41) is 35.9. The Hall–Kier alpha value is -11.6. The molecule has 3 fully saturated rings. The Morgan fingerprint density at radius 2 is 0.807 bits per heavy atom. The number of rotatable bonds is 20. The predicted molar refractivity (Wildman–Crippen MR) is 417 cm³/mol. The van der Waals surface area contributed by atoms with Gasteiger partial charge in [-0.2, -0.15) is 52.7 Å². The fourth-order valence-corrected chi connectivity index (χ4v) is 16.7. The summed E-state index contributed by atoms with van der Waals surface area (Å²) < 4.78 is 194. The van der Waals surface area contributed by atoms with Gasteiger partial charge in [0.05, 0.1) is 53.1 Å². The molecule has 3 saturated carbocycles. The van der Waals surface area contributed by atoms with E-state index in [-0.39, 0.29) is 125 Å². The van der Waals surface area contributed by atoms with Gasteiger partial charge < -0.3 is 40.7 Å². The number of hydrogen-bond acceptors (Lipinski definition) is 8. The van der Waals surface area contributed by atoms with Crippen molar-refractivity contribution in [1.29, 1.82) is 0 Å². The quantitative estimate of drug-likeness (QED) is 0.0354. The Labute approximate surface area is 676 Å². The molecular weight excluding hydrogens is 1600 g/mol. The van der Waals surface area contributed by atoms with E-state index in [1.54, 1.807) is 84.9 Å². The summed E-state index contributed by atoms with van der Waals surface area (Å²) in [6, 6.07) is 50.2. The number of nitrogens with zero attached hydrogens (tertiary/aromatic N) is 1. The second-order valence-corrected chi connectivity index (χ2v) is 30.6. The van der Waals surface area contributed by atoms with Crippen LogP contribution in [0.4, 0.5) is 61.5 Å². The number of pyridine rings is 1. The minimum absolute atomic E-state index is 0.00469. The van der Waals surface area contributed by atoms with Crippen molar-refractivity contribution < 1.29 is 110 Å². The molecule has 15 nitrogen and oxygen atoms in total. The van der Waals surface area contributed by atoms with E-state index in [9.17, 15) is 90.2 Å². The molecule has 8 aromatic carbocycles. The monoisotopic (exact) mass is 1680 g/mol. The number of nitrogens with one attached hydrogen (secondary N) is 4. The van der Waals surface area contributed by atoms with Crippen molar-refractivity contribution >= 4 is 80.0 Å². The molecule has 0 radical (unpaired) electrons. The number of aliphatic carboxylic acids is 3. The summed E-state index contributed by atoms with van der Waals surface area (Å²) >= 11 is 6.13. The third kappa shape index (κ3) is 20.2. The molecule has 0 unspecified atom stereocenters. The van der Waals surface area contributed by atoms with Crippen molar-refractivity contribution in [3.05, 3.63) is 267 Å². The molecule has 0 bridgehead atoms. The Bertz CT molecular complexity index is 5490. The summed E-state index contributed by atoms with van der Waals surface area (Å²) in [6.07, 6.45) is -15.6. The number of alkyl halides is 12. The molecule has 3 heterocycles. The molecule has 0 atom stereocenters. The maximum absolute atomic E-state index is 13.8. The van der Waals surface area contributed by atoms with E-state index in [2.05, 4.69) is 25.9 Å². The Kier molecular flexibility index (Phi) is 25.9. The molecule has 3 aliphatic carbocycles. The lowest BCUT2D eigenvalue weighted by molar-refractivity contribution is -0.184. The Morgan fingerprint density at radius 1 is 0.420 bits per heavy atom. The van der Waals surface area contributed by atoms with Gasteiger partial charge in [0.1, 0.15) is 17.4 Å². The number of furan rings is 1. The standard InChI is InChI=1S/C31H26ClF4NO4.C31H28F4N2O3.C27H24F6N2O3/c32-25-17-24(33)15-20-16-26(41-28(20)25)18-1-5-21(6-2-18)30(12-9-23(10-13-30)31(34,35)36)22-7-3-19(4-8-22)29(40)37-14-11-27(38)39;32-25-8-3-19(4-9-25)27-18-21-17-24(7-10-26(21)37-27)30(14-11-23(12-15-30)31(33,34)35)22-5-1-20(2-6-22)29(40)36-16-13-28(38)39;28-26(29,30)19-7-10-25(11-8-19,18-4-1-16(2-5-18)24(38)34-12-9-23(36)37)21-13-17-3-6-20(27(31,32)33)14-22(17)35-15-21/h1-8,15-17,23H,9-14H2,(H,37,40)(H,38,39);1-10,17-18,23,37H,11-16H2,(H,36,40)(H,38,39);1-6,13-15,19H,7-12H2,(H,34,38)(H,36,37). The van der Waals surface area contributed by atoms with Crippen molar-refractivity contribution in [3.63, 3.8) is 0 Å². The number of aromatic amines is 1. The molecule has 624 valence electrons. The Morgan fingerprint density at radius 3 is 1.22 bits per heavy atom. The van der Waals surface area contributed by atoms with Crippen molar-refractivity contribution in [1.82, 2.24) is 25.9 Å². The number of aromatic nitrogens is 2. The average molecular weight is 1680 g/mol. The molecule has 0 aliphatic heterocycles. The first-order chi connectivity index (χ1) is 56.3. The topological polar surface area (TPSA) is 241 Å². The van der Waals surface area contributed by atoms with E-state index in [4.69, 9.17) is 31.3 Å². The largest absolute Gasteiger partial charge is 0.481 e. The number of halogens is 15. The van der Waals surface area contributed by atoms with Crippen molar-refractivity contribution in [2.24, 2.45) is 17.8 Å². The first-order valence-corrected chi connectivity index (χ1v) is 38.6. The fourth-order valence-electron chi connectivity index (χ4n) is 16.5. The second-order valence-electron chi connectivity index (χ2n) is 30.2. The van der Waals surface area contributed by atoms with Gasteiger partial charge in [-0.25, -0.2) is 8.78 Å². The normalized spacial score (nSPS) is 19.7. The molecule has 3 aliphatic rings. The fraction of sp³-hybridized carbons (Fsp3) is 0.315. The van der Waals surface area contributed by atoms with Crippen LogP contribution in [0.3, 0.4) is 0 Å². The second kappa shape index (κ2) is 35.5. The van der Waals surface area contributed by atoms with Crippen molar-refractivity contribution in [2.75, 3.05) is 19.6 Å². The van der Waals surface area contributed by atoms with E-state index in [1.807, 2.05) is 48.5 Å². The van der Waals surface area contributed by atoms with Crippen LogP contribution in [0, 0.1) is 29.4 Å². The molecule has 119 heavy (non-hydrogen) atoms. The number of carboxylic acid groups (broad SMARTS) is 3. The maximum Gasteiger partial charge on any atom is 0.416 e. The molecule has 11 aromatic rings. The molecular formula is C89H78ClF14N5O10. The number of carbonyl (C=O) groups is 6. The van der Waals surface area contributed by atoms with Gasteiger partial charge in [0.15, 0.2) is 5.58 Å². The van der Waals surface area contributed by atoms with Crippen LogP contribution in [0.5, 0.6) is 0 Å². The first kappa shape index (κ1) is 86.7. The Balaban J connectivity index is 0.000000164. The smallest absolute Gasteiger partial charge is 0.416 e. The lowest BCUT2D eigenvalue weighted by atomic mass is 9.63. The van der Waals surface area contributed by atoms with Gasteiger partial charge in [-0.1, -0.05) is 84.4 Å². The molecule has 0 spiro atoms. The number of fused-ring (bicyclic) bond motifs is 3. The van der Waals surface area contributed by atoms with Crippen molar-refractivity contribution in [2.45, 2.75) is 137 Å². The number of carbonyl (C=O) groups excluding carboxylic acids is 3. The summed E-state index contributed by atoms with van der Waals surface area (Å²) in [6.45, 7) is -0.0792. The first-order valence-electron chi connectivity index (χ1n) is 38.2. The van der Waals surface area contributed by atoms with Gasteiger partial charge in [0, 0.05) is 91.7 Å². The minimum atomic E-state index is -4.53. The molecule has 3 aromatic heterocycles. The molecule has 7 N–H and O–H groups in total.